The molecule has 2 aromatic rings. The van der Waals surface area contributed by atoms with E-state index in [9.17, 15) is 9.59 Å². The minimum absolute atomic E-state index is 0.116. The van der Waals surface area contributed by atoms with E-state index in [2.05, 4.69) is 10.9 Å². The Balaban J connectivity index is 1.82. The minimum Gasteiger partial charge on any atom is -0.496 e. The topological polar surface area (TPSA) is 67.4 Å². The number of ether oxygens (including phenoxy) is 1. The lowest BCUT2D eigenvalue weighted by Gasteiger charge is -2.10. The van der Waals surface area contributed by atoms with Gasteiger partial charge in [-0.15, -0.1) is 0 Å². The molecule has 120 valence electrons. The largest absolute Gasteiger partial charge is 0.496 e. The van der Waals surface area contributed by atoms with Crippen molar-refractivity contribution in [3.8, 4) is 5.75 Å². The number of para-hydroxylation sites is 1. The number of carbonyl (C=O) groups is 2. The van der Waals surface area contributed by atoms with Crippen LogP contribution in [0.4, 0.5) is 0 Å². The van der Waals surface area contributed by atoms with E-state index in [1.54, 1.807) is 43.5 Å². The number of nitrogens with one attached hydrogen (secondary N) is 2. The van der Waals surface area contributed by atoms with E-state index < -0.39 is 0 Å². The van der Waals surface area contributed by atoms with Crippen molar-refractivity contribution in [1.29, 1.82) is 0 Å². The van der Waals surface area contributed by atoms with Crippen molar-refractivity contribution in [1.82, 2.24) is 10.9 Å². The van der Waals surface area contributed by atoms with Crippen LogP contribution in [0.5, 0.6) is 5.75 Å². The lowest BCUT2D eigenvalue weighted by atomic mass is 10.1. The first-order valence-electron chi connectivity index (χ1n) is 7.02. The number of methoxy groups -OCH3 is 1. The van der Waals surface area contributed by atoms with Gasteiger partial charge in [-0.05, 0) is 23.8 Å². The van der Waals surface area contributed by atoms with Crippen molar-refractivity contribution in [2.24, 2.45) is 0 Å². The summed E-state index contributed by atoms with van der Waals surface area (Å²) in [5.41, 5.74) is 6.35. The van der Waals surface area contributed by atoms with Crippen molar-refractivity contribution in [2.75, 3.05) is 7.11 Å². The van der Waals surface area contributed by atoms with Crippen molar-refractivity contribution >= 4 is 23.4 Å². The summed E-state index contributed by atoms with van der Waals surface area (Å²) >= 11 is 5.78. The van der Waals surface area contributed by atoms with Gasteiger partial charge in [0.05, 0.1) is 20.0 Å². The lowest BCUT2D eigenvalue weighted by Crippen LogP contribution is -2.43. The first-order chi connectivity index (χ1) is 11.1. The number of carbonyl (C=O) groups excluding carboxylic acids is 2. The summed E-state index contributed by atoms with van der Waals surface area (Å²) in [5, 5.41) is 0.610. The molecule has 0 aromatic heterocycles. The molecule has 0 saturated carbocycles. The number of hydrazine groups is 1. The molecule has 2 N–H and O–H groups in total. The van der Waals surface area contributed by atoms with Crippen LogP contribution in [-0.2, 0) is 22.4 Å². The van der Waals surface area contributed by atoms with Crippen LogP contribution in [0.3, 0.4) is 0 Å². The maximum Gasteiger partial charge on any atom is 0.242 e. The zero-order valence-corrected chi connectivity index (χ0v) is 13.4. The highest BCUT2D eigenvalue weighted by Crippen LogP contribution is 2.17. The normalized spacial score (nSPS) is 10.0. The second-order valence-electron chi connectivity index (χ2n) is 4.89. The van der Waals surface area contributed by atoms with E-state index in [1.807, 2.05) is 12.1 Å². The highest BCUT2D eigenvalue weighted by atomic mass is 35.5. The Hall–Kier alpha value is -2.53. The number of hydrogen-bond acceptors (Lipinski definition) is 3. The van der Waals surface area contributed by atoms with Crippen LogP contribution in [0.2, 0.25) is 5.02 Å². The molecule has 0 aliphatic carbocycles. The van der Waals surface area contributed by atoms with Crippen LogP contribution in [0.1, 0.15) is 11.1 Å². The molecule has 5 nitrogen and oxygen atoms in total. The fourth-order valence-electron chi connectivity index (χ4n) is 2.04. The molecule has 0 aliphatic heterocycles. The van der Waals surface area contributed by atoms with Crippen LogP contribution < -0.4 is 15.6 Å². The Morgan fingerprint density at radius 1 is 0.957 bits per heavy atom. The standard InChI is InChI=1S/C17H17ClN2O3/c1-23-15-5-3-2-4-13(15)11-17(22)20-19-16(21)10-12-6-8-14(18)9-7-12/h2-9H,10-11H2,1H3,(H,19,21)(H,20,22). The molecule has 2 aromatic carbocycles. The smallest absolute Gasteiger partial charge is 0.242 e. The molecule has 2 rings (SSSR count). The molecule has 0 saturated heterocycles. The average Bonchev–Trinajstić information content (AvgIpc) is 2.55. The van der Waals surface area contributed by atoms with Crippen molar-refractivity contribution < 1.29 is 14.3 Å². The highest BCUT2D eigenvalue weighted by Gasteiger charge is 2.09. The molecule has 0 unspecified atom stereocenters. The summed E-state index contributed by atoms with van der Waals surface area (Å²) in [6.45, 7) is 0. The SMILES string of the molecule is COc1ccccc1CC(=O)NNC(=O)Cc1ccc(Cl)cc1. The average molecular weight is 333 g/mol. The Morgan fingerprint density at radius 3 is 2.22 bits per heavy atom. The maximum absolute atomic E-state index is 11.9. The van der Waals surface area contributed by atoms with Crippen LogP contribution >= 0.6 is 11.6 Å². The Morgan fingerprint density at radius 2 is 1.57 bits per heavy atom. The summed E-state index contributed by atoms with van der Waals surface area (Å²) < 4.78 is 5.18. The molecular weight excluding hydrogens is 316 g/mol. The zero-order chi connectivity index (χ0) is 16.7. The number of hydrogen-bond donors (Lipinski definition) is 2. The third-order valence-electron chi connectivity index (χ3n) is 3.16. The Kier molecular flexibility index (Phi) is 6.00. The van der Waals surface area contributed by atoms with Gasteiger partial charge in [0.25, 0.3) is 0 Å². The van der Waals surface area contributed by atoms with Gasteiger partial charge in [-0.2, -0.15) is 0 Å². The molecule has 23 heavy (non-hydrogen) atoms. The van der Waals surface area contributed by atoms with E-state index in [4.69, 9.17) is 16.3 Å². The van der Waals surface area contributed by atoms with Crippen LogP contribution in [-0.4, -0.2) is 18.9 Å². The van der Waals surface area contributed by atoms with Gasteiger partial charge in [-0.25, -0.2) is 0 Å². The summed E-state index contributed by atoms with van der Waals surface area (Å²) in [6, 6.07) is 14.2. The van der Waals surface area contributed by atoms with Gasteiger partial charge in [0.15, 0.2) is 0 Å². The highest BCUT2D eigenvalue weighted by molar-refractivity contribution is 6.30. The summed E-state index contributed by atoms with van der Waals surface area (Å²) in [6.07, 6.45) is 0.275. The molecule has 0 radical (unpaired) electrons. The van der Waals surface area contributed by atoms with E-state index in [0.717, 1.165) is 11.1 Å². The second-order valence-corrected chi connectivity index (χ2v) is 5.32. The van der Waals surface area contributed by atoms with Crippen molar-refractivity contribution in [3.05, 3.63) is 64.7 Å². The Labute approximate surface area is 139 Å². The molecular formula is C17H17ClN2O3. The van der Waals surface area contributed by atoms with Crippen LogP contribution in [0.25, 0.3) is 0 Å². The third-order valence-corrected chi connectivity index (χ3v) is 3.41. The van der Waals surface area contributed by atoms with Crippen molar-refractivity contribution in [2.45, 2.75) is 12.8 Å². The van der Waals surface area contributed by atoms with Gasteiger partial charge in [0.2, 0.25) is 11.8 Å². The second kappa shape index (κ2) is 8.19. The van der Waals surface area contributed by atoms with E-state index in [1.165, 1.54) is 0 Å². The van der Waals surface area contributed by atoms with Crippen LogP contribution in [0, 0.1) is 0 Å². The zero-order valence-electron chi connectivity index (χ0n) is 12.6. The van der Waals surface area contributed by atoms with Crippen molar-refractivity contribution in [3.63, 3.8) is 0 Å². The third kappa shape index (κ3) is 5.30. The van der Waals surface area contributed by atoms with Gasteiger partial charge in [0, 0.05) is 10.6 Å². The lowest BCUT2D eigenvalue weighted by molar-refractivity contribution is -0.128. The van der Waals surface area contributed by atoms with Gasteiger partial charge >= 0.3 is 0 Å². The fraction of sp³-hybridized carbons (Fsp3) is 0.176. The molecule has 0 heterocycles. The summed E-state index contributed by atoms with van der Waals surface area (Å²) in [4.78, 5) is 23.7. The predicted octanol–water partition coefficient (Wildman–Crippen LogP) is 2.28. The predicted molar refractivity (Wildman–Crippen MR) is 88.1 cm³/mol. The first-order valence-corrected chi connectivity index (χ1v) is 7.40. The minimum atomic E-state index is -0.320. The van der Waals surface area contributed by atoms with Gasteiger partial charge in [-0.1, -0.05) is 41.9 Å². The molecule has 2 amide bonds. The number of rotatable bonds is 5. The Bertz CT molecular complexity index is 686. The summed E-state index contributed by atoms with van der Waals surface area (Å²) in [7, 11) is 1.55. The number of halogens is 1. The maximum atomic E-state index is 11.9. The van der Waals surface area contributed by atoms with Crippen LogP contribution in [0.15, 0.2) is 48.5 Å². The van der Waals surface area contributed by atoms with Gasteiger partial charge < -0.3 is 4.74 Å². The molecule has 0 fully saturated rings. The molecule has 0 aliphatic rings. The van der Waals surface area contributed by atoms with E-state index >= 15 is 0 Å². The van der Waals surface area contributed by atoms with E-state index in [-0.39, 0.29) is 24.7 Å². The molecule has 0 spiro atoms. The molecule has 0 atom stereocenters. The van der Waals surface area contributed by atoms with Gasteiger partial charge in [-0.3, -0.25) is 20.4 Å². The number of benzene rings is 2. The first kappa shape index (κ1) is 16.8. The number of amides is 2. The van der Waals surface area contributed by atoms with Gasteiger partial charge in [0.1, 0.15) is 5.75 Å². The molecule has 6 heteroatoms. The molecule has 0 bridgehead atoms. The fourth-order valence-corrected chi connectivity index (χ4v) is 2.16. The van der Waals surface area contributed by atoms with E-state index in [0.29, 0.717) is 10.8 Å². The summed E-state index contributed by atoms with van der Waals surface area (Å²) in [5.74, 6) is 0.00907. The monoisotopic (exact) mass is 332 g/mol. The quantitative estimate of drug-likeness (QED) is 0.825.